The molecule has 180 valence electrons. The van der Waals surface area contributed by atoms with Crippen molar-refractivity contribution < 1.29 is 32.5 Å². The van der Waals surface area contributed by atoms with E-state index in [0.717, 1.165) is 0 Å². The topological polar surface area (TPSA) is 87.7 Å². The van der Waals surface area contributed by atoms with Gasteiger partial charge in [0, 0.05) is 5.56 Å². The number of imidazole rings is 1. The fourth-order valence-corrected chi connectivity index (χ4v) is 4.75. The molecule has 3 aliphatic heterocycles. The predicted molar refractivity (Wildman–Crippen MR) is 116 cm³/mol. The highest BCUT2D eigenvalue weighted by molar-refractivity contribution is 6.31. The first-order valence-electron chi connectivity index (χ1n) is 11.2. The Hall–Kier alpha value is -2.37. The number of pyridine rings is 1. The zero-order valence-corrected chi connectivity index (χ0v) is 18.8. The fraction of sp³-hybridized carbons (Fsp3) is 0.478. The Morgan fingerprint density at radius 3 is 2.47 bits per heavy atom. The molecule has 1 N–H and O–H groups in total. The molecule has 8 nitrogen and oxygen atoms in total. The van der Waals surface area contributed by atoms with Crippen LogP contribution >= 0.6 is 11.6 Å². The molecule has 0 radical (unpaired) electrons. The van der Waals surface area contributed by atoms with Crippen LogP contribution in [0.3, 0.4) is 0 Å². The van der Waals surface area contributed by atoms with E-state index in [9.17, 15) is 8.78 Å². The molecule has 0 saturated carbocycles. The highest BCUT2D eigenvalue weighted by atomic mass is 35.5. The molecule has 3 saturated heterocycles. The van der Waals surface area contributed by atoms with Crippen LogP contribution in [0.5, 0.6) is 6.01 Å². The third kappa shape index (κ3) is 4.14. The van der Waals surface area contributed by atoms with Gasteiger partial charge in [-0.15, -0.1) is 0 Å². The third-order valence-electron chi connectivity index (χ3n) is 6.35. The van der Waals surface area contributed by atoms with Crippen LogP contribution in [0.2, 0.25) is 5.02 Å². The van der Waals surface area contributed by atoms with E-state index in [1.54, 1.807) is 6.07 Å². The van der Waals surface area contributed by atoms with Gasteiger partial charge in [0.25, 0.3) is 6.01 Å². The zero-order chi connectivity index (χ0) is 23.2. The molecule has 11 heteroatoms. The van der Waals surface area contributed by atoms with Crippen LogP contribution in [0.25, 0.3) is 11.2 Å². The van der Waals surface area contributed by atoms with Gasteiger partial charge in [-0.25, -0.2) is 13.8 Å². The average Bonchev–Trinajstić information content (AvgIpc) is 3.46. The zero-order valence-electron chi connectivity index (χ0n) is 18.0. The maximum absolute atomic E-state index is 13.9. The summed E-state index contributed by atoms with van der Waals surface area (Å²) in [6.07, 6.45) is -0.486. The Kier molecular flexibility index (Phi) is 5.86. The first-order valence-corrected chi connectivity index (χ1v) is 11.5. The van der Waals surface area contributed by atoms with Crippen molar-refractivity contribution in [3.63, 3.8) is 0 Å². The second kappa shape index (κ2) is 9.01. The summed E-state index contributed by atoms with van der Waals surface area (Å²) in [6, 6.07) is 5.75. The van der Waals surface area contributed by atoms with Crippen LogP contribution < -0.4 is 4.74 Å². The van der Waals surface area contributed by atoms with E-state index in [-0.39, 0.29) is 54.9 Å². The molecule has 5 heterocycles. The van der Waals surface area contributed by atoms with E-state index in [2.05, 4.69) is 15.0 Å². The summed E-state index contributed by atoms with van der Waals surface area (Å²) in [6.45, 7) is 1.98. The van der Waals surface area contributed by atoms with Crippen molar-refractivity contribution in [2.75, 3.05) is 26.4 Å². The van der Waals surface area contributed by atoms with E-state index in [0.29, 0.717) is 48.3 Å². The molecule has 2 aromatic heterocycles. The van der Waals surface area contributed by atoms with Crippen LogP contribution in [0.15, 0.2) is 24.3 Å². The standard InChI is InChI=1S/C23H22ClF2N3O5/c24-13-6-17-22(27-16(13)5-4-12-14(25)2-1-3-15(12)26)29-23(28-17)34-19-10-32-20-18(9-31-21(19)20)33-11-7-30-8-11/h1-3,6,11,18-21H,4-5,7-10H2,(H,27,28,29)/t18-,19-,20-,21-/m1/s1. The first-order chi connectivity index (χ1) is 16.5. The molecule has 0 aliphatic carbocycles. The number of fused-ring (bicyclic) bond motifs is 2. The van der Waals surface area contributed by atoms with E-state index < -0.39 is 11.6 Å². The Morgan fingerprint density at radius 1 is 1.00 bits per heavy atom. The predicted octanol–water partition coefficient (Wildman–Crippen LogP) is 3.00. The Morgan fingerprint density at radius 2 is 1.74 bits per heavy atom. The number of aromatic nitrogens is 3. The number of hydrogen-bond acceptors (Lipinski definition) is 7. The summed E-state index contributed by atoms with van der Waals surface area (Å²) >= 11 is 6.37. The fourth-order valence-electron chi connectivity index (χ4n) is 4.51. The van der Waals surface area contributed by atoms with Crippen molar-refractivity contribution in [2.24, 2.45) is 0 Å². The van der Waals surface area contributed by atoms with E-state index in [4.69, 9.17) is 35.3 Å². The number of hydrogen-bond donors (Lipinski definition) is 1. The van der Waals surface area contributed by atoms with Crippen LogP contribution in [-0.2, 0) is 31.8 Å². The Bertz CT molecular complexity index is 1190. The van der Waals surface area contributed by atoms with Crippen molar-refractivity contribution in [3.8, 4) is 6.01 Å². The molecule has 3 aliphatic rings. The lowest BCUT2D eigenvalue weighted by atomic mass is 10.1. The normalized spacial score (nSPS) is 26.7. The van der Waals surface area contributed by atoms with Crippen molar-refractivity contribution in [2.45, 2.75) is 43.4 Å². The van der Waals surface area contributed by atoms with Crippen LogP contribution in [0.4, 0.5) is 8.78 Å². The quantitative estimate of drug-likeness (QED) is 0.541. The molecule has 0 amide bonds. The van der Waals surface area contributed by atoms with Crippen LogP contribution in [0.1, 0.15) is 11.3 Å². The minimum atomic E-state index is -0.590. The largest absolute Gasteiger partial charge is 0.456 e. The first kappa shape index (κ1) is 22.1. The molecular weight excluding hydrogens is 472 g/mol. The highest BCUT2D eigenvalue weighted by Crippen LogP contribution is 2.32. The van der Waals surface area contributed by atoms with Gasteiger partial charge in [0.1, 0.15) is 36.1 Å². The summed E-state index contributed by atoms with van der Waals surface area (Å²) in [5.41, 5.74) is 1.50. The van der Waals surface area contributed by atoms with E-state index in [1.165, 1.54) is 18.2 Å². The number of aryl methyl sites for hydroxylation is 1. The molecule has 0 spiro atoms. The van der Waals surface area contributed by atoms with Crippen molar-refractivity contribution in [1.29, 1.82) is 0 Å². The molecule has 4 atom stereocenters. The number of halogens is 3. The summed E-state index contributed by atoms with van der Waals surface area (Å²) < 4.78 is 56.8. The van der Waals surface area contributed by atoms with Gasteiger partial charge in [-0.2, -0.15) is 4.98 Å². The number of nitrogens with zero attached hydrogens (tertiary/aromatic N) is 2. The van der Waals surface area contributed by atoms with Gasteiger partial charge in [0.15, 0.2) is 11.8 Å². The van der Waals surface area contributed by atoms with Crippen LogP contribution in [-0.4, -0.2) is 71.9 Å². The highest BCUT2D eigenvalue weighted by Gasteiger charge is 2.50. The van der Waals surface area contributed by atoms with Gasteiger partial charge in [-0.3, -0.25) is 0 Å². The lowest BCUT2D eigenvalue weighted by molar-refractivity contribution is -0.170. The van der Waals surface area contributed by atoms with Gasteiger partial charge in [0.2, 0.25) is 0 Å². The van der Waals surface area contributed by atoms with Crippen molar-refractivity contribution in [1.82, 2.24) is 15.0 Å². The monoisotopic (exact) mass is 493 g/mol. The third-order valence-corrected chi connectivity index (χ3v) is 6.68. The Balaban J connectivity index is 1.13. The average molecular weight is 494 g/mol. The lowest BCUT2D eigenvalue weighted by Gasteiger charge is -2.30. The van der Waals surface area contributed by atoms with Gasteiger partial charge >= 0.3 is 0 Å². The SMILES string of the molecule is Fc1cccc(F)c1CCc1nc2nc(O[C@@H]3CO[C@H]4[C@@H]3OC[C@H]4OC3COC3)[nH]c2cc1Cl. The molecule has 0 bridgehead atoms. The van der Waals surface area contributed by atoms with Gasteiger partial charge in [-0.1, -0.05) is 17.7 Å². The second-order valence-electron chi connectivity index (χ2n) is 8.62. The molecule has 3 fully saturated rings. The van der Waals surface area contributed by atoms with Gasteiger partial charge in [-0.05, 0) is 31.0 Å². The number of nitrogens with one attached hydrogen (secondary N) is 1. The Labute approximate surface area is 198 Å². The summed E-state index contributed by atoms with van der Waals surface area (Å²) in [4.78, 5) is 12.0. The summed E-state index contributed by atoms with van der Waals surface area (Å²) in [5.74, 6) is -1.18. The van der Waals surface area contributed by atoms with E-state index in [1.807, 2.05) is 0 Å². The van der Waals surface area contributed by atoms with Gasteiger partial charge < -0.3 is 28.7 Å². The van der Waals surface area contributed by atoms with Crippen LogP contribution in [0, 0.1) is 11.6 Å². The maximum Gasteiger partial charge on any atom is 0.296 e. The number of benzene rings is 1. The summed E-state index contributed by atoms with van der Waals surface area (Å²) in [5, 5.41) is 0.378. The molecular formula is C23H22ClF2N3O5. The number of rotatable bonds is 7. The van der Waals surface area contributed by atoms with Crippen molar-refractivity contribution in [3.05, 3.63) is 52.2 Å². The molecule has 6 rings (SSSR count). The van der Waals surface area contributed by atoms with Gasteiger partial charge in [0.05, 0.1) is 42.7 Å². The second-order valence-corrected chi connectivity index (χ2v) is 9.02. The minimum absolute atomic E-state index is 0.00554. The number of H-pyrrole nitrogens is 1. The molecule has 0 unspecified atom stereocenters. The van der Waals surface area contributed by atoms with Crippen molar-refractivity contribution >= 4 is 22.8 Å². The minimum Gasteiger partial charge on any atom is -0.456 e. The lowest BCUT2D eigenvalue weighted by Crippen LogP contribution is -2.43. The molecule has 3 aromatic rings. The number of ether oxygens (including phenoxy) is 5. The molecule has 1 aromatic carbocycles. The summed E-state index contributed by atoms with van der Waals surface area (Å²) in [7, 11) is 0. The molecule has 34 heavy (non-hydrogen) atoms. The maximum atomic E-state index is 13.9. The smallest absolute Gasteiger partial charge is 0.296 e. The van der Waals surface area contributed by atoms with E-state index >= 15 is 0 Å². The number of aromatic amines is 1.